The molecule has 0 N–H and O–H groups in total. The molecular formula is C4H11FMgO. The second-order valence-electron chi connectivity index (χ2n) is 2.19. The average Bonchev–Trinajstić information content (AvgIpc) is 1.35. The summed E-state index contributed by atoms with van der Waals surface area (Å²) >= 11 is 0. The summed E-state index contributed by atoms with van der Waals surface area (Å²) in [5.41, 5.74) is -0.625. The van der Waals surface area contributed by atoms with Gasteiger partial charge in [0.2, 0.25) is 0 Å². The average molecular weight is 118 g/mol. The Bertz CT molecular complexity index is 41.4. The standard InChI is InChI=1S/C4H9FO.Mg.2H/c1-4(2,3)6-5;;;/h1-3H3;;;. The first-order chi connectivity index (χ1) is 2.56. The number of hydrogen-bond donors (Lipinski definition) is 0. The first-order valence-corrected chi connectivity index (χ1v) is 1.86. The minimum atomic E-state index is -0.625. The highest BCUT2D eigenvalue weighted by Gasteiger charge is 2.08. The van der Waals surface area contributed by atoms with E-state index in [0.717, 1.165) is 0 Å². The molecule has 0 aliphatic carbocycles. The molecule has 0 aromatic rings. The summed E-state index contributed by atoms with van der Waals surface area (Å²) in [5.74, 6) is 0. The molecule has 0 unspecified atom stereocenters. The normalized spacial score (nSPS) is 10.3. The van der Waals surface area contributed by atoms with E-state index in [1.807, 2.05) is 0 Å². The number of rotatable bonds is 0. The van der Waals surface area contributed by atoms with E-state index in [9.17, 15) is 4.53 Å². The summed E-state index contributed by atoms with van der Waals surface area (Å²) in [7, 11) is 0. The van der Waals surface area contributed by atoms with Crippen LogP contribution in [0.15, 0.2) is 0 Å². The Balaban J connectivity index is 0. The van der Waals surface area contributed by atoms with Crippen LogP contribution in [0.5, 0.6) is 0 Å². The SMILES string of the molecule is CC(C)(C)OF.[MgH2]. The molecule has 0 amide bonds. The molecule has 0 aromatic heterocycles. The van der Waals surface area contributed by atoms with Crippen molar-refractivity contribution in [2.75, 3.05) is 0 Å². The van der Waals surface area contributed by atoms with Crippen LogP contribution in [-0.4, -0.2) is 28.7 Å². The van der Waals surface area contributed by atoms with Crippen molar-refractivity contribution in [2.45, 2.75) is 26.4 Å². The number of halogens is 1. The van der Waals surface area contributed by atoms with E-state index in [-0.39, 0.29) is 23.1 Å². The van der Waals surface area contributed by atoms with Crippen LogP contribution < -0.4 is 0 Å². The van der Waals surface area contributed by atoms with Gasteiger partial charge in [-0.25, -0.2) is 0 Å². The van der Waals surface area contributed by atoms with Crippen LogP contribution >= 0.6 is 0 Å². The van der Waals surface area contributed by atoms with Gasteiger partial charge in [0.25, 0.3) is 0 Å². The van der Waals surface area contributed by atoms with Crippen molar-refractivity contribution in [1.82, 2.24) is 0 Å². The third-order valence-corrected chi connectivity index (χ3v) is 0.231. The van der Waals surface area contributed by atoms with E-state index in [0.29, 0.717) is 0 Å². The van der Waals surface area contributed by atoms with Crippen molar-refractivity contribution in [3.05, 3.63) is 0 Å². The molecule has 0 spiro atoms. The topological polar surface area (TPSA) is 9.23 Å². The quantitative estimate of drug-likeness (QED) is 0.427. The fourth-order valence-electron chi connectivity index (χ4n) is 0. The highest BCUT2D eigenvalue weighted by Crippen LogP contribution is 2.05. The summed E-state index contributed by atoms with van der Waals surface area (Å²) in [6.07, 6.45) is 0. The van der Waals surface area contributed by atoms with Crippen molar-refractivity contribution >= 4 is 23.1 Å². The Hall–Kier alpha value is 0.656. The lowest BCUT2D eigenvalue weighted by Crippen LogP contribution is -2.13. The Morgan fingerprint density at radius 2 is 1.43 bits per heavy atom. The van der Waals surface area contributed by atoms with Gasteiger partial charge >= 0.3 is 23.1 Å². The van der Waals surface area contributed by atoms with E-state index >= 15 is 0 Å². The molecule has 0 saturated heterocycles. The molecule has 0 aliphatic rings. The van der Waals surface area contributed by atoms with Gasteiger partial charge in [-0.3, -0.25) is 0 Å². The third-order valence-electron chi connectivity index (χ3n) is 0.231. The highest BCUT2D eigenvalue weighted by atomic mass is 24.3. The van der Waals surface area contributed by atoms with Crippen molar-refractivity contribution in [2.24, 2.45) is 0 Å². The van der Waals surface area contributed by atoms with Crippen LogP contribution in [0.25, 0.3) is 0 Å². The molecule has 0 aromatic carbocycles. The van der Waals surface area contributed by atoms with Crippen LogP contribution in [0.1, 0.15) is 20.8 Å². The molecule has 0 aliphatic heterocycles. The molecule has 0 bridgehead atoms. The van der Waals surface area contributed by atoms with Gasteiger partial charge in [0.15, 0.2) is 0 Å². The first kappa shape index (κ1) is 10.6. The van der Waals surface area contributed by atoms with Gasteiger partial charge in [-0.05, 0) is 25.3 Å². The summed E-state index contributed by atoms with van der Waals surface area (Å²) in [6, 6.07) is 0. The molecular weight excluding hydrogens is 107 g/mol. The molecule has 1 nitrogen and oxygen atoms in total. The molecule has 7 heavy (non-hydrogen) atoms. The van der Waals surface area contributed by atoms with Gasteiger partial charge in [0.05, 0.1) is 0 Å². The van der Waals surface area contributed by atoms with Crippen molar-refractivity contribution in [3.8, 4) is 0 Å². The zero-order valence-corrected chi connectivity index (χ0v) is 4.29. The number of hydrogen-bond acceptors (Lipinski definition) is 1. The largest absolute Gasteiger partial charge is 0.316 e. The molecule has 42 valence electrons. The molecule has 0 heterocycles. The molecule has 0 saturated carbocycles. The zero-order valence-electron chi connectivity index (χ0n) is 4.29. The van der Waals surface area contributed by atoms with Crippen molar-refractivity contribution in [1.29, 1.82) is 0 Å². The predicted octanol–water partition coefficient (Wildman–Crippen LogP) is 0.770. The molecule has 0 radical (unpaired) electrons. The maximum absolute atomic E-state index is 11.0. The van der Waals surface area contributed by atoms with Gasteiger partial charge in [0.1, 0.15) is 5.60 Å². The van der Waals surface area contributed by atoms with Gasteiger partial charge in [0, 0.05) is 0 Å². The van der Waals surface area contributed by atoms with E-state index in [4.69, 9.17) is 0 Å². The van der Waals surface area contributed by atoms with Crippen LogP contribution in [0.2, 0.25) is 0 Å². The van der Waals surface area contributed by atoms with Crippen molar-refractivity contribution in [3.63, 3.8) is 0 Å². The lowest BCUT2D eigenvalue weighted by molar-refractivity contribution is -0.214. The third kappa shape index (κ3) is 10.8. The minimum Gasteiger partial charge on any atom is -0.188 e. The fourth-order valence-corrected chi connectivity index (χ4v) is 0. The van der Waals surface area contributed by atoms with Gasteiger partial charge in [-0.15, -0.1) is 0 Å². The molecule has 0 fully saturated rings. The summed E-state index contributed by atoms with van der Waals surface area (Å²) in [4.78, 5) is 3.44. The zero-order chi connectivity index (χ0) is 5.21. The Kier molecular flexibility index (Phi) is 5.50. The van der Waals surface area contributed by atoms with Crippen LogP contribution in [0, 0.1) is 0 Å². The van der Waals surface area contributed by atoms with E-state index in [1.54, 1.807) is 20.8 Å². The van der Waals surface area contributed by atoms with Crippen LogP contribution in [0.3, 0.4) is 0 Å². The lowest BCUT2D eigenvalue weighted by Gasteiger charge is -2.08. The first-order valence-electron chi connectivity index (χ1n) is 1.86. The van der Waals surface area contributed by atoms with E-state index in [1.165, 1.54) is 0 Å². The molecule has 0 rings (SSSR count). The Labute approximate surface area is 59.3 Å². The summed E-state index contributed by atoms with van der Waals surface area (Å²) in [6.45, 7) is 4.94. The van der Waals surface area contributed by atoms with E-state index in [2.05, 4.69) is 4.94 Å². The second-order valence-corrected chi connectivity index (χ2v) is 2.19. The minimum absolute atomic E-state index is 0. The van der Waals surface area contributed by atoms with Gasteiger partial charge < -0.3 is 0 Å². The monoisotopic (exact) mass is 118 g/mol. The smallest absolute Gasteiger partial charge is 0.188 e. The molecule has 0 atom stereocenters. The highest BCUT2D eigenvalue weighted by molar-refractivity contribution is 5.75. The maximum atomic E-state index is 11.0. The maximum Gasteiger partial charge on any atom is 0.316 e. The van der Waals surface area contributed by atoms with E-state index < -0.39 is 5.60 Å². The predicted molar refractivity (Wildman–Crippen MR) is 30.5 cm³/mol. The summed E-state index contributed by atoms with van der Waals surface area (Å²) in [5, 5.41) is 0. The Morgan fingerprint density at radius 1 is 1.29 bits per heavy atom. The summed E-state index contributed by atoms with van der Waals surface area (Å²) < 4.78 is 11.0. The Morgan fingerprint density at radius 3 is 1.43 bits per heavy atom. The van der Waals surface area contributed by atoms with Gasteiger partial charge in [-0.1, -0.05) is 0 Å². The van der Waals surface area contributed by atoms with Gasteiger partial charge in [-0.2, -0.15) is 4.94 Å². The van der Waals surface area contributed by atoms with Crippen LogP contribution in [0.4, 0.5) is 4.53 Å². The second kappa shape index (κ2) is 3.63. The van der Waals surface area contributed by atoms with Crippen LogP contribution in [-0.2, 0) is 4.94 Å². The lowest BCUT2D eigenvalue weighted by atomic mass is 10.2. The fraction of sp³-hybridized carbons (Fsp3) is 1.00. The molecule has 3 heteroatoms. The van der Waals surface area contributed by atoms with Crippen molar-refractivity contribution < 1.29 is 9.47 Å².